The fourth-order valence-corrected chi connectivity index (χ4v) is 2.06. The molecule has 2 aromatic rings. The van der Waals surface area contributed by atoms with E-state index in [1.807, 2.05) is 6.07 Å². The monoisotopic (exact) mass is 474 g/mol. The van der Waals surface area contributed by atoms with Gasteiger partial charge in [-0.1, -0.05) is 12.1 Å². The number of rotatable bonds is 8. The average Bonchev–Trinajstić information content (AvgIpc) is 2.62. The number of pyridine rings is 1. The molecule has 0 radical (unpaired) electrons. The molecule has 0 aliphatic heterocycles. The zero-order valence-corrected chi connectivity index (χ0v) is 17.2. The quantitative estimate of drug-likeness (QED) is 0.266. The molecular weight excluding hydrogens is 450 g/mol. The fourth-order valence-electron chi connectivity index (χ4n) is 2.06. The number of aromatic nitrogens is 1. The van der Waals surface area contributed by atoms with Gasteiger partial charge in [0.1, 0.15) is 11.6 Å². The van der Waals surface area contributed by atoms with Crippen molar-refractivity contribution < 1.29 is 13.9 Å². The lowest BCUT2D eigenvalue weighted by Crippen LogP contribution is -2.37. The van der Waals surface area contributed by atoms with Crippen molar-refractivity contribution in [3.63, 3.8) is 0 Å². The summed E-state index contributed by atoms with van der Waals surface area (Å²) >= 11 is 0. The van der Waals surface area contributed by atoms with Crippen LogP contribution in [0.25, 0.3) is 0 Å². The van der Waals surface area contributed by atoms with Crippen molar-refractivity contribution in [1.82, 2.24) is 15.6 Å². The van der Waals surface area contributed by atoms with E-state index in [4.69, 9.17) is 9.47 Å². The summed E-state index contributed by atoms with van der Waals surface area (Å²) in [4.78, 5) is 8.39. The van der Waals surface area contributed by atoms with Crippen LogP contribution >= 0.6 is 24.0 Å². The Labute approximate surface area is 170 Å². The van der Waals surface area contributed by atoms with Crippen LogP contribution in [0.5, 0.6) is 11.6 Å². The standard InChI is InChI=1S/C18H23FN4O2.HI/c1-20-18(21-9-4-10-24-2)23-13-14-7-8-17(22-12-14)25-16-6-3-5-15(19)11-16;/h3,5-8,11-12H,4,9-10,13H2,1-2H3,(H2,20,21,23);1H. The van der Waals surface area contributed by atoms with Crippen LogP contribution in [-0.4, -0.2) is 38.3 Å². The Morgan fingerprint density at radius 3 is 2.73 bits per heavy atom. The third kappa shape index (κ3) is 7.96. The second-order valence-electron chi connectivity index (χ2n) is 5.26. The van der Waals surface area contributed by atoms with E-state index in [1.54, 1.807) is 38.6 Å². The second kappa shape index (κ2) is 12.4. The highest BCUT2D eigenvalue weighted by Crippen LogP contribution is 2.19. The summed E-state index contributed by atoms with van der Waals surface area (Å²) in [6, 6.07) is 9.60. The third-order valence-electron chi connectivity index (χ3n) is 3.32. The summed E-state index contributed by atoms with van der Waals surface area (Å²) in [7, 11) is 3.40. The first-order chi connectivity index (χ1) is 12.2. The van der Waals surface area contributed by atoms with Gasteiger partial charge in [-0.3, -0.25) is 4.99 Å². The van der Waals surface area contributed by atoms with Crippen LogP contribution in [0, 0.1) is 5.82 Å². The van der Waals surface area contributed by atoms with Crippen LogP contribution in [0.3, 0.4) is 0 Å². The predicted molar refractivity (Wildman–Crippen MR) is 111 cm³/mol. The molecule has 0 fully saturated rings. The van der Waals surface area contributed by atoms with E-state index in [-0.39, 0.29) is 29.8 Å². The number of methoxy groups -OCH3 is 1. The minimum atomic E-state index is -0.345. The fraction of sp³-hybridized carbons (Fsp3) is 0.333. The summed E-state index contributed by atoms with van der Waals surface area (Å²) in [5.41, 5.74) is 0.978. The van der Waals surface area contributed by atoms with Gasteiger partial charge in [0.15, 0.2) is 5.96 Å². The van der Waals surface area contributed by atoms with Crippen molar-refractivity contribution in [2.45, 2.75) is 13.0 Å². The van der Waals surface area contributed by atoms with Gasteiger partial charge in [-0.15, -0.1) is 24.0 Å². The molecular formula is C18H24FIN4O2. The molecule has 2 rings (SSSR count). The molecule has 1 aromatic carbocycles. The van der Waals surface area contributed by atoms with E-state index in [2.05, 4.69) is 20.6 Å². The van der Waals surface area contributed by atoms with Crippen LogP contribution in [0.2, 0.25) is 0 Å². The van der Waals surface area contributed by atoms with Crippen LogP contribution in [0.4, 0.5) is 4.39 Å². The van der Waals surface area contributed by atoms with Gasteiger partial charge in [-0.2, -0.15) is 0 Å². The number of nitrogens with one attached hydrogen (secondary N) is 2. The largest absolute Gasteiger partial charge is 0.439 e. The Hall–Kier alpha value is -1.94. The Kier molecular flexibility index (Phi) is 10.6. The molecule has 1 aromatic heterocycles. The van der Waals surface area contributed by atoms with E-state index in [1.165, 1.54) is 12.1 Å². The zero-order valence-electron chi connectivity index (χ0n) is 14.9. The number of nitrogens with zero attached hydrogens (tertiary/aromatic N) is 2. The molecule has 2 N–H and O–H groups in total. The summed E-state index contributed by atoms with van der Waals surface area (Å²) in [5.74, 6) is 1.20. The maximum Gasteiger partial charge on any atom is 0.219 e. The first-order valence-corrected chi connectivity index (χ1v) is 8.03. The molecule has 1 heterocycles. The van der Waals surface area contributed by atoms with Gasteiger partial charge < -0.3 is 20.1 Å². The van der Waals surface area contributed by atoms with Gasteiger partial charge in [-0.05, 0) is 24.1 Å². The van der Waals surface area contributed by atoms with Crippen LogP contribution in [0.15, 0.2) is 47.6 Å². The lowest BCUT2D eigenvalue weighted by Gasteiger charge is -2.12. The van der Waals surface area contributed by atoms with E-state index in [0.29, 0.717) is 24.8 Å². The van der Waals surface area contributed by atoms with Gasteiger partial charge >= 0.3 is 0 Å². The lowest BCUT2D eigenvalue weighted by molar-refractivity contribution is 0.195. The van der Waals surface area contributed by atoms with Crippen molar-refractivity contribution >= 4 is 29.9 Å². The highest BCUT2D eigenvalue weighted by atomic mass is 127. The molecule has 0 saturated heterocycles. The summed E-state index contributed by atoms with van der Waals surface area (Å²) in [5, 5.41) is 6.41. The van der Waals surface area contributed by atoms with Gasteiger partial charge in [0, 0.05) is 52.2 Å². The lowest BCUT2D eigenvalue weighted by atomic mass is 10.3. The molecule has 0 saturated carbocycles. The number of hydrogen-bond acceptors (Lipinski definition) is 4. The normalized spacial score (nSPS) is 10.8. The topological polar surface area (TPSA) is 67.8 Å². The van der Waals surface area contributed by atoms with Gasteiger partial charge in [0.05, 0.1) is 0 Å². The molecule has 6 nitrogen and oxygen atoms in total. The van der Waals surface area contributed by atoms with Gasteiger partial charge in [0.25, 0.3) is 0 Å². The van der Waals surface area contributed by atoms with Crippen LogP contribution in [0.1, 0.15) is 12.0 Å². The summed E-state index contributed by atoms with van der Waals surface area (Å²) in [6.45, 7) is 2.07. The number of hydrogen-bond donors (Lipinski definition) is 2. The van der Waals surface area contributed by atoms with Gasteiger partial charge in [0.2, 0.25) is 5.88 Å². The molecule has 0 aliphatic carbocycles. The Morgan fingerprint density at radius 2 is 2.08 bits per heavy atom. The smallest absolute Gasteiger partial charge is 0.219 e. The van der Waals surface area contributed by atoms with E-state index < -0.39 is 0 Å². The van der Waals surface area contributed by atoms with Crippen molar-refractivity contribution in [3.8, 4) is 11.6 Å². The van der Waals surface area contributed by atoms with Crippen LogP contribution < -0.4 is 15.4 Å². The van der Waals surface area contributed by atoms with E-state index in [9.17, 15) is 4.39 Å². The third-order valence-corrected chi connectivity index (χ3v) is 3.32. The van der Waals surface area contributed by atoms with Crippen LogP contribution in [-0.2, 0) is 11.3 Å². The number of aliphatic imine (C=N–C) groups is 1. The maximum atomic E-state index is 13.1. The minimum absolute atomic E-state index is 0. The molecule has 0 atom stereocenters. The number of benzene rings is 1. The van der Waals surface area contributed by atoms with Crippen molar-refractivity contribution in [3.05, 3.63) is 54.0 Å². The molecule has 0 bridgehead atoms. The van der Waals surface area contributed by atoms with Crippen molar-refractivity contribution in [2.75, 3.05) is 27.3 Å². The maximum absolute atomic E-state index is 13.1. The minimum Gasteiger partial charge on any atom is -0.439 e. The first-order valence-electron chi connectivity index (χ1n) is 8.03. The first kappa shape index (κ1) is 22.1. The summed E-state index contributed by atoms with van der Waals surface area (Å²) < 4.78 is 23.7. The zero-order chi connectivity index (χ0) is 17.9. The predicted octanol–water partition coefficient (Wildman–Crippen LogP) is 3.33. The Balaban J connectivity index is 0.00000338. The highest BCUT2D eigenvalue weighted by Gasteiger charge is 2.02. The van der Waals surface area contributed by atoms with Crippen molar-refractivity contribution in [1.29, 1.82) is 0 Å². The Bertz CT molecular complexity index is 683. The van der Waals surface area contributed by atoms with E-state index >= 15 is 0 Å². The molecule has 0 spiro atoms. The molecule has 0 unspecified atom stereocenters. The second-order valence-corrected chi connectivity index (χ2v) is 5.26. The molecule has 8 heteroatoms. The van der Waals surface area contributed by atoms with Gasteiger partial charge in [-0.25, -0.2) is 9.37 Å². The number of ether oxygens (including phenoxy) is 2. The Morgan fingerprint density at radius 1 is 1.23 bits per heavy atom. The van der Waals surface area contributed by atoms with Crippen molar-refractivity contribution in [2.24, 2.45) is 4.99 Å². The molecule has 0 aliphatic rings. The number of guanidine groups is 1. The SMILES string of the molecule is CN=C(NCCCOC)NCc1ccc(Oc2cccc(F)c2)nc1.I. The number of halogens is 2. The molecule has 0 amide bonds. The molecule has 26 heavy (non-hydrogen) atoms. The van der Waals surface area contributed by atoms with E-state index in [0.717, 1.165) is 24.5 Å². The summed E-state index contributed by atoms with van der Waals surface area (Å²) in [6.07, 6.45) is 2.62. The highest BCUT2D eigenvalue weighted by molar-refractivity contribution is 14.0. The average molecular weight is 474 g/mol. The molecule has 142 valence electrons.